The highest BCUT2D eigenvalue weighted by molar-refractivity contribution is 5.02. The van der Waals surface area contributed by atoms with Crippen molar-refractivity contribution in [3.63, 3.8) is 0 Å². The first kappa shape index (κ1) is 28.0. The van der Waals surface area contributed by atoms with Crippen molar-refractivity contribution in [1.29, 1.82) is 0 Å². The highest BCUT2D eigenvalue weighted by Gasteiger charge is 1.99. The zero-order chi connectivity index (χ0) is 21.3. The van der Waals surface area contributed by atoms with Crippen molar-refractivity contribution in [3.8, 4) is 0 Å². The Morgan fingerprint density at radius 2 is 0.690 bits per heavy atom. The summed E-state index contributed by atoms with van der Waals surface area (Å²) >= 11 is 0. The Hall–Kier alpha value is -1.04. The zero-order valence-corrected chi connectivity index (χ0v) is 19.8. The SMILES string of the molecule is C=CCCCCCCCCCCCC=C(CCCCC=C)CCCCCCC=C. The summed E-state index contributed by atoms with van der Waals surface area (Å²) in [5, 5.41) is 0. The summed E-state index contributed by atoms with van der Waals surface area (Å²) in [5.74, 6) is 0. The average Bonchev–Trinajstić information content (AvgIpc) is 2.73. The van der Waals surface area contributed by atoms with Crippen LogP contribution in [0.4, 0.5) is 0 Å². The molecule has 0 heterocycles. The molecule has 0 aliphatic rings. The maximum atomic E-state index is 3.85. The van der Waals surface area contributed by atoms with Crippen LogP contribution in [0.25, 0.3) is 0 Å². The second kappa shape index (κ2) is 25.0. The number of hydrogen-bond donors (Lipinski definition) is 0. The van der Waals surface area contributed by atoms with E-state index in [0.29, 0.717) is 0 Å². The number of hydrogen-bond acceptors (Lipinski definition) is 0. The van der Waals surface area contributed by atoms with Crippen LogP contribution in [0, 0.1) is 0 Å². The molecule has 0 aliphatic heterocycles. The van der Waals surface area contributed by atoms with Gasteiger partial charge in [-0.2, -0.15) is 0 Å². The molecule has 0 radical (unpaired) electrons. The van der Waals surface area contributed by atoms with Gasteiger partial charge < -0.3 is 0 Å². The average molecular weight is 401 g/mol. The number of allylic oxidation sites excluding steroid dienone is 5. The topological polar surface area (TPSA) is 0 Å². The van der Waals surface area contributed by atoms with E-state index >= 15 is 0 Å². The van der Waals surface area contributed by atoms with Gasteiger partial charge in [-0.1, -0.05) is 87.7 Å². The first-order chi connectivity index (χ1) is 14.3. The van der Waals surface area contributed by atoms with Gasteiger partial charge in [0.1, 0.15) is 0 Å². The fourth-order valence-electron chi connectivity index (χ4n) is 3.94. The quantitative estimate of drug-likeness (QED) is 0.112. The van der Waals surface area contributed by atoms with Gasteiger partial charge in [0.05, 0.1) is 0 Å². The lowest BCUT2D eigenvalue weighted by Gasteiger charge is -2.08. The maximum Gasteiger partial charge on any atom is -0.0320 e. The fraction of sp³-hybridized carbons (Fsp3) is 0.724. The van der Waals surface area contributed by atoms with E-state index in [-0.39, 0.29) is 0 Å². The minimum atomic E-state index is 1.17. The van der Waals surface area contributed by atoms with E-state index in [2.05, 4.69) is 38.0 Å². The first-order valence-electron chi connectivity index (χ1n) is 12.9. The van der Waals surface area contributed by atoms with Crippen LogP contribution in [0.3, 0.4) is 0 Å². The summed E-state index contributed by atoms with van der Waals surface area (Å²) in [6.45, 7) is 11.5. The predicted octanol–water partition coefficient (Wildman–Crippen LogP) is 10.7. The van der Waals surface area contributed by atoms with Gasteiger partial charge in [-0.15, -0.1) is 19.7 Å². The van der Waals surface area contributed by atoms with Gasteiger partial charge in [-0.25, -0.2) is 0 Å². The highest BCUT2D eigenvalue weighted by Crippen LogP contribution is 2.19. The highest BCUT2D eigenvalue weighted by atomic mass is 14.1. The smallest absolute Gasteiger partial charge is 0.0320 e. The van der Waals surface area contributed by atoms with E-state index in [1.54, 1.807) is 5.57 Å². The summed E-state index contributed by atoms with van der Waals surface area (Å²) in [4.78, 5) is 0. The molecule has 0 aliphatic carbocycles. The largest absolute Gasteiger partial charge is 0.103 e. The van der Waals surface area contributed by atoms with Crippen molar-refractivity contribution in [3.05, 3.63) is 49.6 Å². The van der Waals surface area contributed by atoms with E-state index in [9.17, 15) is 0 Å². The summed E-state index contributed by atoms with van der Waals surface area (Å²) in [6.07, 6.45) is 37.0. The van der Waals surface area contributed by atoms with Crippen LogP contribution in [0.1, 0.15) is 135 Å². The molecule has 0 aromatic heterocycles. The van der Waals surface area contributed by atoms with Crippen LogP contribution >= 0.6 is 0 Å². The molecule has 0 N–H and O–H groups in total. The Bertz CT molecular complexity index is 387. The van der Waals surface area contributed by atoms with Gasteiger partial charge >= 0.3 is 0 Å². The Balaban J connectivity index is 3.78. The zero-order valence-electron chi connectivity index (χ0n) is 19.8. The molecule has 0 saturated carbocycles. The van der Waals surface area contributed by atoms with Crippen molar-refractivity contribution in [2.45, 2.75) is 135 Å². The molecule has 0 rings (SSSR count). The van der Waals surface area contributed by atoms with Crippen LogP contribution in [0.5, 0.6) is 0 Å². The van der Waals surface area contributed by atoms with Gasteiger partial charge in [0.15, 0.2) is 0 Å². The van der Waals surface area contributed by atoms with Crippen LogP contribution < -0.4 is 0 Å². The van der Waals surface area contributed by atoms with Crippen molar-refractivity contribution in [2.75, 3.05) is 0 Å². The van der Waals surface area contributed by atoms with E-state index in [4.69, 9.17) is 0 Å². The Labute approximate surface area is 184 Å². The molecule has 168 valence electrons. The molecule has 0 spiro atoms. The lowest BCUT2D eigenvalue weighted by molar-refractivity contribution is 0.560. The van der Waals surface area contributed by atoms with Crippen LogP contribution in [0.15, 0.2) is 49.6 Å². The summed E-state index contributed by atoms with van der Waals surface area (Å²) in [6, 6.07) is 0. The van der Waals surface area contributed by atoms with Crippen molar-refractivity contribution >= 4 is 0 Å². The van der Waals surface area contributed by atoms with Crippen molar-refractivity contribution in [1.82, 2.24) is 0 Å². The minimum Gasteiger partial charge on any atom is -0.103 e. The molecular weight excluding hydrogens is 348 g/mol. The molecule has 0 aromatic carbocycles. The van der Waals surface area contributed by atoms with Gasteiger partial charge in [0.25, 0.3) is 0 Å². The maximum absolute atomic E-state index is 3.85. The van der Waals surface area contributed by atoms with E-state index in [1.165, 1.54) is 135 Å². The molecule has 0 heteroatoms. The Kier molecular flexibility index (Phi) is 24.1. The third kappa shape index (κ3) is 23.1. The second-order valence-electron chi connectivity index (χ2n) is 8.69. The number of unbranched alkanes of at least 4 members (excludes halogenated alkanes) is 16. The summed E-state index contributed by atoms with van der Waals surface area (Å²) in [5.41, 5.74) is 1.73. The van der Waals surface area contributed by atoms with E-state index in [0.717, 1.165) is 0 Å². The van der Waals surface area contributed by atoms with E-state index in [1.807, 2.05) is 6.08 Å². The number of rotatable bonds is 24. The summed E-state index contributed by atoms with van der Waals surface area (Å²) in [7, 11) is 0. The standard InChI is InChI=1S/C29H52/c1-4-7-10-13-15-16-17-18-19-20-22-25-28-29(26-23-12-9-6-3)27-24-21-14-11-8-5-2/h4-6,28H,1-3,7-27H2. The molecule has 0 unspecified atom stereocenters. The third-order valence-corrected chi connectivity index (χ3v) is 5.86. The van der Waals surface area contributed by atoms with Crippen LogP contribution in [-0.4, -0.2) is 0 Å². The monoisotopic (exact) mass is 400 g/mol. The lowest BCUT2D eigenvalue weighted by Crippen LogP contribution is -1.88. The molecule has 0 atom stereocenters. The van der Waals surface area contributed by atoms with Gasteiger partial charge in [-0.05, 0) is 77.0 Å². The normalized spacial score (nSPS) is 11.5. The minimum absolute atomic E-state index is 1.17. The van der Waals surface area contributed by atoms with Crippen LogP contribution in [0.2, 0.25) is 0 Å². The third-order valence-electron chi connectivity index (χ3n) is 5.86. The Morgan fingerprint density at radius 3 is 1.14 bits per heavy atom. The van der Waals surface area contributed by atoms with Gasteiger partial charge in [0.2, 0.25) is 0 Å². The van der Waals surface area contributed by atoms with Crippen LogP contribution in [-0.2, 0) is 0 Å². The molecule has 0 amide bonds. The molecular formula is C29H52. The Morgan fingerprint density at radius 1 is 0.379 bits per heavy atom. The molecule has 0 fully saturated rings. The molecule has 0 aromatic rings. The van der Waals surface area contributed by atoms with Gasteiger partial charge in [-0.3, -0.25) is 0 Å². The fourth-order valence-corrected chi connectivity index (χ4v) is 3.94. The van der Waals surface area contributed by atoms with Gasteiger partial charge in [0, 0.05) is 0 Å². The van der Waals surface area contributed by atoms with Crippen molar-refractivity contribution in [2.24, 2.45) is 0 Å². The van der Waals surface area contributed by atoms with E-state index < -0.39 is 0 Å². The molecule has 0 bridgehead atoms. The lowest BCUT2D eigenvalue weighted by atomic mass is 9.98. The predicted molar refractivity (Wildman–Crippen MR) is 136 cm³/mol. The molecule has 29 heavy (non-hydrogen) atoms. The summed E-state index contributed by atoms with van der Waals surface area (Å²) < 4.78 is 0. The molecule has 0 nitrogen and oxygen atoms in total. The van der Waals surface area contributed by atoms with Crippen molar-refractivity contribution < 1.29 is 0 Å². The first-order valence-corrected chi connectivity index (χ1v) is 12.9. The second-order valence-corrected chi connectivity index (χ2v) is 8.69. The molecule has 0 saturated heterocycles.